The van der Waals surface area contributed by atoms with Crippen LogP contribution >= 0.6 is 0 Å². The van der Waals surface area contributed by atoms with Crippen LogP contribution in [0.1, 0.15) is 6.92 Å². The van der Waals surface area contributed by atoms with Crippen molar-refractivity contribution in [3.8, 4) is 0 Å². The maximum absolute atomic E-state index is 12.3. The average Bonchev–Trinajstić information content (AvgIpc) is 1.95. The smallest absolute Gasteiger partial charge is 0.123 e. The van der Waals surface area contributed by atoms with Crippen molar-refractivity contribution < 1.29 is 4.39 Å². The molecular formula is C8H8FN. The van der Waals surface area contributed by atoms with Gasteiger partial charge in [0.15, 0.2) is 0 Å². The zero-order chi connectivity index (χ0) is 7.40. The standard InChI is InChI=1S/C8H8FN/c1-2-10-8-5-3-7(9)4-6-8/h2-6H,1H3. The van der Waals surface area contributed by atoms with Gasteiger partial charge < -0.3 is 0 Å². The van der Waals surface area contributed by atoms with Crippen LogP contribution in [0.25, 0.3) is 0 Å². The molecule has 0 saturated carbocycles. The van der Waals surface area contributed by atoms with Crippen molar-refractivity contribution in [2.24, 2.45) is 4.99 Å². The minimum atomic E-state index is -0.227. The molecule has 0 spiro atoms. The lowest BCUT2D eigenvalue weighted by molar-refractivity contribution is 0.628. The molecule has 0 aromatic heterocycles. The summed E-state index contributed by atoms with van der Waals surface area (Å²) >= 11 is 0. The fourth-order valence-corrected chi connectivity index (χ4v) is 0.676. The molecule has 2 heteroatoms. The molecule has 0 fully saturated rings. The first-order valence-corrected chi connectivity index (χ1v) is 3.07. The van der Waals surface area contributed by atoms with E-state index in [1.54, 1.807) is 18.3 Å². The normalized spacial score (nSPS) is 10.6. The molecule has 1 rings (SSSR count). The summed E-state index contributed by atoms with van der Waals surface area (Å²) in [4.78, 5) is 3.96. The van der Waals surface area contributed by atoms with E-state index in [-0.39, 0.29) is 5.82 Å². The van der Waals surface area contributed by atoms with Crippen molar-refractivity contribution in [3.05, 3.63) is 30.1 Å². The zero-order valence-electron chi connectivity index (χ0n) is 5.71. The Labute approximate surface area is 59.2 Å². The number of halogens is 1. The SMILES string of the molecule is CC=Nc1ccc(F)cc1. The highest BCUT2D eigenvalue weighted by molar-refractivity contribution is 5.60. The fraction of sp³-hybridized carbons (Fsp3) is 0.125. The van der Waals surface area contributed by atoms with Gasteiger partial charge in [-0.2, -0.15) is 0 Å². The van der Waals surface area contributed by atoms with E-state index < -0.39 is 0 Å². The van der Waals surface area contributed by atoms with Crippen molar-refractivity contribution in [1.29, 1.82) is 0 Å². The molecular weight excluding hydrogens is 129 g/mol. The molecule has 0 atom stereocenters. The van der Waals surface area contributed by atoms with Crippen LogP contribution in [0.15, 0.2) is 29.3 Å². The van der Waals surface area contributed by atoms with Crippen molar-refractivity contribution in [2.75, 3.05) is 0 Å². The first-order valence-electron chi connectivity index (χ1n) is 3.07. The summed E-state index contributed by atoms with van der Waals surface area (Å²) < 4.78 is 12.3. The lowest BCUT2D eigenvalue weighted by Gasteiger charge is -1.89. The Kier molecular flexibility index (Phi) is 2.15. The van der Waals surface area contributed by atoms with Crippen LogP contribution in [0.5, 0.6) is 0 Å². The molecule has 0 aliphatic carbocycles. The number of hydrogen-bond donors (Lipinski definition) is 0. The molecule has 0 aliphatic rings. The minimum Gasteiger partial charge on any atom is -0.262 e. The van der Waals surface area contributed by atoms with Crippen molar-refractivity contribution in [3.63, 3.8) is 0 Å². The predicted octanol–water partition coefficient (Wildman–Crippen LogP) is 2.55. The van der Waals surface area contributed by atoms with Crippen LogP contribution in [-0.4, -0.2) is 6.21 Å². The largest absolute Gasteiger partial charge is 0.262 e. The highest BCUT2D eigenvalue weighted by Gasteiger charge is 1.87. The monoisotopic (exact) mass is 137 g/mol. The molecule has 0 bridgehead atoms. The van der Waals surface area contributed by atoms with E-state index in [2.05, 4.69) is 4.99 Å². The fourth-order valence-electron chi connectivity index (χ4n) is 0.676. The highest BCUT2D eigenvalue weighted by atomic mass is 19.1. The Balaban J connectivity index is 2.89. The van der Waals surface area contributed by atoms with Crippen LogP contribution in [0.4, 0.5) is 10.1 Å². The molecule has 1 aromatic carbocycles. The van der Waals surface area contributed by atoms with E-state index in [1.807, 2.05) is 6.92 Å². The lowest BCUT2D eigenvalue weighted by atomic mass is 10.3. The molecule has 0 saturated heterocycles. The van der Waals surface area contributed by atoms with E-state index in [0.29, 0.717) is 0 Å². The molecule has 1 aromatic rings. The third kappa shape index (κ3) is 1.65. The highest BCUT2D eigenvalue weighted by Crippen LogP contribution is 2.10. The average molecular weight is 137 g/mol. The quantitative estimate of drug-likeness (QED) is 0.527. The van der Waals surface area contributed by atoms with Gasteiger partial charge in [-0.05, 0) is 31.2 Å². The van der Waals surface area contributed by atoms with Crippen LogP contribution in [0, 0.1) is 5.82 Å². The molecule has 0 N–H and O–H groups in total. The molecule has 10 heavy (non-hydrogen) atoms. The van der Waals surface area contributed by atoms with E-state index in [0.717, 1.165) is 5.69 Å². The van der Waals surface area contributed by atoms with Gasteiger partial charge in [0, 0.05) is 6.21 Å². The van der Waals surface area contributed by atoms with Crippen molar-refractivity contribution in [1.82, 2.24) is 0 Å². The maximum atomic E-state index is 12.3. The first kappa shape index (κ1) is 6.93. The Morgan fingerprint density at radius 2 is 1.90 bits per heavy atom. The van der Waals surface area contributed by atoms with Crippen LogP contribution in [0.3, 0.4) is 0 Å². The van der Waals surface area contributed by atoms with Gasteiger partial charge in [0.05, 0.1) is 5.69 Å². The summed E-state index contributed by atoms with van der Waals surface area (Å²) in [7, 11) is 0. The lowest BCUT2D eigenvalue weighted by Crippen LogP contribution is -1.69. The number of benzene rings is 1. The summed E-state index contributed by atoms with van der Waals surface area (Å²) in [6.45, 7) is 1.82. The van der Waals surface area contributed by atoms with Crippen molar-refractivity contribution in [2.45, 2.75) is 6.92 Å². The van der Waals surface area contributed by atoms with E-state index in [1.165, 1.54) is 12.1 Å². The van der Waals surface area contributed by atoms with Gasteiger partial charge in [-0.15, -0.1) is 0 Å². The Hall–Kier alpha value is -1.18. The summed E-state index contributed by atoms with van der Waals surface area (Å²) in [5.41, 5.74) is 0.781. The van der Waals surface area contributed by atoms with Gasteiger partial charge >= 0.3 is 0 Å². The Morgan fingerprint density at radius 3 is 2.40 bits per heavy atom. The van der Waals surface area contributed by atoms with Crippen LogP contribution in [0.2, 0.25) is 0 Å². The van der Waals surface area contributed by atoms with Crippen LogP contribution in [-0.2, 0) is 0 Å². The number of aliphatic imine (C=N–C) groups is 1. The number of rotatable bonds is 1. The molecule has 0 heterocycles. The topological polar surface area (TPSA) is 12.4 Å². The molecule has 52 valence electrons. The molecule has 1 nitrogen and oxygen atoms in total. The summed E-state index contributed by atoms with van der Waals surface area (Å²) in [6, 6.07) is 6.05. The second-order valence-electron chi connectivity index (χ2n) is 1.86. The van der Waals surface area contributed by atoms with Gasteiger partial charge in [0.2, 0.25) is 0 Å². The van der Waals surface area contributed by atoms with Gasteiger partial charge in [0.25, 0.3) is 0 Å². The van der Waals surface area contributed by atoms with Crippen molar-refractivity contribution >= 4 is 11.9 Å². The third-order valence-corrected chi connectivity index (χ3v) is 1.10. The van der Waals surface area contributed by atoms with Gasteiger partial charge in [-0.1, -0.05) is 0 Å². The number of hydrogen-bond acceptors (Lipinski definition) is 1. The second kappa shape index (κ2) is 3.11. The first-order chi connectivity index (χ1) is 4.83. The van der Waals surface area contributed by atoms with E-state index in [9.17, 15) is 4.39 Å². The molecule has 0 amide bonds. The zero-order valence-corrected chi connectivity index (χ0v) is 5.71. The molecule has 0 unspecified atom stereocenters. The minimum absolute atomic E-state index is 0.227. The summed E-state index contributed by atoms with van der Waals surface area (Å²) in [5.74, 6) is -0.227. The Bertz CT molecular complexity index is 226. The number of nitrogens with zero attached hydrogens (tertiary/aromatic N) is 1. The van der Waals surface area contributed by atoms with Gasteiger partial charge in [-0.3, -0.25) is 4.99 Å². The predicted molar refractivity (Wildman–Crippen MR) is 40.2 cm³/mol. The molecule has 0 aliphatic heterocycles. The third-order valence-electron chi connectivity index (χ3n) is 1.10. The summed E-state index contributed by atoms with van der Waals surface area (Å²) in [6.07, 6.45) is 1.67. The van der Waals surface area contributed by atoms with Gasteiger partial charge in [-0.25, -0.2) is 4.39 Å². The van der Waals surface area contributed by atoms with E-state index >= 15 is 0 Å². The second-order valence-corrected chi connectivity index (χ2v) is 1.86. The van der Waals surface area contributed by atoms with Gasteiger partial charge in [0.1, 0.15) is 5.82 Å². The van der Waals surface area contributed by atoms with Crippen LogP contribution < -0.4 is 0 Å². The maximum Gasteiger partial charge on any atom is 0.123 e. The Morgan fingerprint density at radius 1 is 1.30 bits per heavy atom. The molecule has 0 radical (unpaired) electrons. The van der Waals surface area contributed by atoms with E-state index in [4.69, 9.17) is 0 Å². The summed E-state index contributed by atoms with van der Waals surface area (Å²) in [5, 5.41) is 0.